The van der Waals surface area contributed by atoms with Crippen molar-refractivity contribution in [3.63, 3.8) is 0 Å². The van der Waals surface area contributed by atoms with Gasteiger partial charge in [-0.1, -0.05) is 63.0 Å². The number of rotatable bonds is 10. The zero-order valence-electron chi connectivity index (χ0n) is 16.0. The maximum Gasteiger partial charge on any atom is 1.00 e. The zero-order valence-corrected chi connectivity index (χ0v) is 19.9. The normalized spacial score (nSPS) is 11.0. The summed E-state index contributed by atoms with van der Waals surface area (Å²) in [6.45, 7) is 2.15. The van der Waals surface area contributed by atoms with Crippen LogP contribution in [0.4, 0.5) is 0 Å². The van der Waals surface area contributed by atoms with Gasteiger partial charge in [-0.3, -0.25) is 4.55 Å². The molecule has 0 aromatic heterocycles. The van der Waals surface area contributed by atoms with E-state index in [-0.39, 0.29) is 57.1 Å². The third-order valence-corrected chi connectivity index (χ3v) is 5.12. The van der Waals surface area contributed by atoms with E-state index in [4.69, 9.17) is 4.74 Å². The first kappa shape index (κ1) is 24.6. The Kier molecular flexibility index (Phi) is 11.1. The maximum atomic E-state index is 12.3. The Labute approximate surface area is 204 Å². The molecule has 0 unspecified atom stereocenters. The summed E-state index contributed by atoms with van der Waals surface area (Å²) in [4.78, 5) is -0.536. The van der Waals surface area contributed by atoms with Crippen molar-refractivity contribution in [2.24, 2.45) is 0 Å². The van der Waals surface area contributed by atoms with Gasteiger partial charge in [0.25, 0.3) is 10.1 Å². The first-order chi connectivity index (χ1) is 12.4. The molecule has 0 heterocycles. The molecule has 0 saturated heterocycles. The molecule has 27 heavy (non-hydrogen) atoms. The van der Waals surface area contributed by atoms with E-state index in [0.29, 0.717) is 17.7 Å². The van der Waals surface area contributed by atoms with Gasteiger partial charge in [-0.05, 0) is 42.7 Å². The first-order valence-corrected chi connectivity index (χ1v) is 10.4. The summed E-state index contributed by atoms with van der Waals surface area (Å²) in [6, 6.07) is 11.6. The molecule has 0 aliphatic heterocycles. The predicted molar refractivity (Wildman–Crippen MR) is 99.3 cm³/mol. The van der Waals surface area contributed by atoms with Gasteiger partial charge in [0, 0.05) is 0 Å². The van der Waals surface area contributed by atoms with Gasteiger partial charge in [0.15, 0.2) is 0 Å². The molecule has 5 nitrogen and oxygen atoms in total. The van der Waals surface area contributed by atoms with Crippen LogP contribution in [-0.4, -0.2) is 13.0 Å². The summed E-state index contributed by atoms with van der Waals surface area (Å²) in [5, 5.41) is 12.3. The molecule has 0 saturated carbocycles. The van der Waals surface area contributed by atoms with Crippen LogP contribution >= 0.6 is 0 Å². The Balaban J connectivity index is 0.00000364. The number of aryl methyl sites for hydroxylation is 1. The molecule has 2 aromatic carbocycles. The Morgan fingerprint density at radius 2 is 1.59 bits per heavy atom. The van der Waals surface area contributed by atoms with Crippen LogP contribution in [0.25, 0.3) is 0 Å². The molecule has 0 aliphatic carbocycles. The van der Waals surface area contributed by atoms with Crippen molar-refractivity contribution in [2.45, 2.75) is 56.8 Å². The summed E-state index contributed by atoms with van der Waals surface area (Å²) in [5.41, 5.74) is 0.307. The molecule has 2 rings (SSSR count). The van der Waals surface area contributed by atoms with Crippen molar-refractivity contribution >= 4 is 10.1 Å². The molecule has 0 atom stereocenters. The zero-order chi connectivity index (χ0) is 19.0. The molecule has 0 spiro atoms. The van der Waals surface area contributed by atoms with Crippen molar-refractivity contribution < 1.29 is 74.2 Å². The summed E-state index contributed by atoms with van der Waals surface area (Å²) in [5.74, 6) is 0.0773. The van der Waals surface area contributed by atoms with Crippen molar-refractivity contribution in [3.8, 4) is 17.2 Å². The van der Waals surface area contributed by atoms with Crippen LogP contribution in [0, 0.1) is 0 Å². The quantitative estimate of drug-likeness (QED) is 0.362. The maximum absolute atomic E-state index is 12.3. The van der Waals surface area contributed by atoms with Gasteiger partial charge in [-0.15, -0.1) is 0 Å². The fourth-order valence-electron chi connectivity index (χ4n) is 2.89. The topological polar surface area (TPSA) is 86.7 Å². The van der Waals surface area contributed by atoms with Gasteiger partial charge in [0.2, 0.25) is 0 Å². The number of hydrogen-bond acceptors (Lipinski definition) is 4. The van der Waals surface area contributed by atoms with Crippen LogP contribution < -0.4 is 61.2 Å². The Bertz CT molecular complexity index is 807. The molecule has 0 aliphatic rings. The predicted octanol–water partition coefficient (Wildman–Crippen LogP) is 1.71. The van der Waals surface area contributed by atoms with E-state index in [2.05, 4.69) is 6.92 Å². The standard InChI is InChI=1S/C20H26O5S.K/c1-2-3-4-5-6-8-11-16-14-18(25-17-12-9-7-10-13-17)15-19(21)20(16)26(22,23)24;/h7,9-10,12-15,21H,2-6,8,11H2,1H3,(H,22,23,24);/q;+1/p-1. The van der Waals surface area contributed by atoms with Crippen LogP contribution in [0.1, 0.15) is 51.0 Å². The Morgan fingerprint density at radius 1 is 0.963 bits per heavy atom. The van der Waals surface area contributed by atoms with Gasteiger partial charge in [0.1, 0.15) is 11.5 Å². The number of ether oxygens (including phenoxy) is 1. The summed E-state index contributed by atoms with van der Waals surface area (Å²) < 4.78 is 38.4. The fraction of sp³-hybridized carbons (Fsp3) is 0.400. The van der Waals surface area contributed by atoms with Crippen LogP contribution in [0.15, 0.2) is 47.4 Å². The van der Waals surface area contributed by atoms with Gasteiger partial charge >= 0.3 is 51.4 Å². The number of benzene rings is 2. The van der Waals surface area contributed by atoms with E-state index in [1.54, 1.807) is 24.3 Å². The molecular weight excluding hydrogens is 391 g/mol. The average Bonchev–Trinajstić information content (AvgIpc) is 2.57. The second-order valence-corrected chi connectivity index (χ2v) is 7.68. The van der Waals surface area contributed by atoms with E-state index < -0.39 is 20.8 Å². The molecule has 0 fully saturated rings. The Morgan fingerprint density at radius 3 is 2.22 bits per heavy atom. The molecular formula is C20H25KO5S. The summed E-state index contributed by atoms with van der Waals surface area (Å²) >= 11 is 0. The van der Waals surface area contributed by atoms with E-state index >= 15 is 0 Å². The second kappa shape index (κ2) is 12.2. The molecule has 7 heteroatoms. The summed E-state index contributed by atoms with van der Waals surface area (Å²) in [6.07, 6.45) is 6.66. The molecule has 2 aromatic rings. The minimum Gasteiger partial charge on any atom is -0.871 e. The first-order valence-electron chi connectivity index (χ1n) is 8.96. The van der Waals surface area contributed by atoms with Gasteiger partial charge in [-0.2, -0.15) is 8.42 Å². The van der Waals surface area contributed by atoms with Crippen LogP contribution in [0.2, 0.25) is 0 Å². The third-order valence-electron chi connectivity index (χ3n) is 4.14. The molecule has 142 valence electrons. The van der Waals surface area contributed by atoms with Gasteiger partial charge in [0.05, 0.1) is 4.90 Å². The Hall–Kier alpha value is -0.414. The molecule has 0 bridgehead atoms. The van der Waals surface area contributed by atoms with Crippen molar-refractivity contribution in [3.05, 3.63) is 48.0 Å². The number of para-hydroxylation sites is 1. The van der Waals surface area contributed by atoms with Crippen molar-refractivity contribution in [2.75, 3.05) is 0 Å². The molecule has 0 amide bonds. The van der Waals surface area contributed by atoms with Crippen LogP contribution in [0.3, 0.4) is 0 Å². The minimum atomic E-state index is -4.57. The van der Waals surface area contributed by atoms with Crippen molar-refractivity contribution in [1.82, 2.24) is 0 Å². The SMILES string of the molecule is CCCCCCCCc1cc(Oc2ccccc2)cc([O-])c1S(=O)(=O)O.[K+]. The number of unbranched alkanes of at least 4 members (excludes halogenated alkanes) is 5. The van der Waals surface area contributed by atoms with E-state index in [1.165, 1.54) is 12.5 Å². The number of hydrogen-bond donors (Lipinski definition) is 1. The summed E-state index contributed by atoms with van der Waals surface area (Å²) in [7, 11) is -4.57. The minimum absolute atomic E-state index is 0. The van der Waals surface area contributed by atoms with Gasteiger partial charge in [-0.25, -0.2) is 0 Å². The van der Waals surface area contributed by atoms with Crippen molar-refractivity contribution in [1.29, 1.82) is 0 Å². The second-order valence-electron chi connectivity index (χ2n) is 6.32. The van der Waals surface area contributed by atoms with Crippen LogP contribution in [0.5, 0.6) is 17.2 Å². The van der Waals surface area contributed by atoms with E-state index in [9.17, 15) is 18.1 Å². The average molecular weight is 417 g/mol. The molecule has 1 N–H and O–H groups in total. The van der Waals surface area contributed by atoms with E-state index in [0.717, 1.165) is 38.2 Å². The smallest absolute Gasteiger partial charge is 0.871 e. The molecule has 0 radical (unpaired) electrons. The largest absolute Gasteiger partial charge is 1.00 e. The third kappa shape index (κ3) is 8.23. The monoisotopic (exact) mass is 416 g/mol. The van der Waals surface area contributed by atoms with Gasteiger partial charge < -0.3 is 9.84 Å². The fourth-order valence-corrected chi connectivity index (χ4v) is 3.70. The van der Waals surface area contributed by atoms with E-state index in [1.807, 2.05) is 6.07 Å². The van der Waals surface area contributed by atoms with Crippen LogP contribution in [-0.2, 0) is 16.5 Å².